The van der Waals surface area contributed by atoms with Crippen LogP contribution in [0.15, 0.2) is 58.3 Å². The average molecular weight is 735 g/mol. The lowest BCUT2D eigenvalue weighted by Gasteiger charge is -2.55. The number of ether oxygens (including phenoxy) is 3. The molecule has 1 aromatic heterocycles. The zero-order valence-corrected chi connectivity index (χ0v) is 32.4. The number of hydrogen-bond donors (Lipinski definition) is 1. The summed E-state index contributed by atoms with van der Waals surface area (Å²) in [5.74, 6) is -4.09. The molecule has 3 aliphatic carbocycles. The maximum absolute atomic E-state index is 15.6. The van der Waals surface area contributed by atoms with E-state index in [1.165, 1.54) is 6.07 Å². The Bertz CT molecular complexity index is 1960. The van der Waals surface area contributed by atoms with E-state index in [0.717, 1.165) is 11.6 Å². The molecule has 0 saturated carbocycles. The molecule has 278 valence electrons. The van der Waals surface area contributed by atoms with Crippen molar-refractivity contribution in [1.29, 1.82) is 0 Å². The van der Waals surface area contributed by atoms with Gasteiger partial charge in [0.25, 0.3) is 5.88 Å². The van der Waals surface area contributed by atoms with Gasteiger partial charge in [-0.15, -0.1) is 0 Å². The predicted molar refractivity (Wildman–Crippen MR) is 192 cm³/mol. The van der Waals surface area contributed by atoms with E-state index in [-0.39, 0.29) is 59.1 Å². The minimum atomic E-state index is -2.94. The first-order chi connectivity index (χ1) is 24.2. The highest BCUT2D eigenvalue weighted by atomic mass is 28.4. The van der Waals surface area contributed by atoms with Crippen LogP contribution in [-0.4, -0.2) is 66.5 Å². The van der Waals surface area contributed by atoms with Gasteiger partial charge in [0.2, 0.25) is 5.78 Å². The van der Waals surface area contributed by atoms with Gasteiger partial charge in [0, 0.05) is 17.1 Å². The maximum atomic E-state index is 15.6. The molecule has 0 unspecified atom stereocenters. The van der Waals surface area contributed by atoms with E-state index >= 15 is 9.18 Å². The summed E-state index contributed by atoms with van der Waals surface area (Å²) in [6.45, 7) is 15.1. The van der Waals surface area contributed by atoms with Crippen LogP contribution in [-0.2, 0) is 22.2 Å². The number of carbonyl (C=O) groups is 3. The normalized spacial score (nSPS) is 23.1. The molecule has 0 saturated heterocycles. The summed E-state index contributed by atoms with van der Waals surface area (Å²) in [5.41, 5.74) is -2.34. The van der Waals surface area contributed by atoms with Gasteiger partial charge < -0.3 is 28.3 Å². The Kier molecular flexibility index (Phi) is 9.33. The van der Waals surface area contributed by atoms with E-state index in [4.69, 9.17) is 23.2 Å². The number of ketones is 2. The van der Waals surface area contributed by atoms with Crippen molar-refractivity contribution in [2.75, 3.05) is 14.1 Å². The number of nitrogens with zero attached hydrogens (tertiary/aromatic N) is 2. The summed E-state index contributed by atoms with van der Waals surface area (Å²) in [7, 11) is 0.706. The van der Waals surface area contributed by atoms with Crippen molar-refractivity contribution in [2.24, 2.45) is 11.8 Å². The number of carbonyl (C=O) groups excluding carboxylic acids is 3. The highest BCUT2D eigenvalue weighted by Crippen LogP contribution is 2.59. The smallest absolute Gasteiger partial charge is 0.508 e. The summed E-state index contributed by atoms with van der Waals surface area (Å²) in [4.78, 5) is 44.6. The molecule has 0 aliphatic heterocycles. The minimum Gasteiger partial charge on any atom is -0.508 e. The summed E-state index contributed by atoms with van der Waals surface area (Å²) < 4.78 is 45.5. The molecular formula is C39H47FN2O9Si. The monoisotopic (exact) mass is 734 g/mol. The van der Waals surface area contributed by atoms with E-state index in [1.54, 1.807) is 20.8 Å². The lowest BCUT2D eigenvalue weighted by Crippen LogP contribution is -2.65. The zero-order valence-electron chi connectivity index (χ0n) is 31.4. The van der Waals surface area contributed by atoms with Crippen LogP contribution in [0.2, 0.25) is 18.1 Å². The SMILES string of the molecule is CN(C)[C@@H]1c2onc(OCc3ccccc3)c2C(=O)[C@@]2(O[Si](C)(C)C(C)(C)C)C(O)=C3C(=O)c4c(OC(=O)OC(C)(C)C)ccc(F)c4C[C@H]3C[C@@H]12. The van der Waals surface area contributed by atoms with Crippen LogP contribution in [0.5, 0.6) is 11.6 Å². The molecule has 6 rings (SSSR count). The standard InChI is InChI=1S/C39H47FN2O9Si/c1-37(2,3)49-36(46)48-26-17-16-25(40)23-18-22-19-24-30(42(7)8)32-29(35(41-50-32)47-20-21-14-12-11-13-15-21)34(45)39(24,51-52(9,10)38(4,5)6)33(44)27(22)31(43)28(23)26/h11-17,22,24,30,44H,18-20H2,1-10H3/t22-,24-,30-,39-/m0/s1. The number of allylic oxidation sites excluding steroid dienone is 1. The van der Waals surface area contributed by atoms with E-state index in [0.29, 0.717) is 0 Å². The molecule has 11 nitrogen and oxygen atoms in total. The molecule has 52 heavy (non-hydrogen) atoms. The second kappa shape index (κ2) is 13.0. The van der Waals surface area contributed by atoms with E-state index in [1.807, 2.05) is 83.2 Å². The number of aromatic nitrogens is 1. The highest BCUT2D eigenvalue weighted by Gasteiger charge is 2.67. The lowest BCUT2D eigenvalue weighted by atomic mass is 9.58. The molecule has 2 aromatic carbocycles. The fraction of sp³-hybridized carbons (Fsp3) is 0.487. The molecular weight excluding hydrogens is 688 g/mol. The molecule has 4 atom stereocenters. The molecule has 0 radical (unpaired) electrons. The molecule has 0 amide bonds. The highest BCUT2D eigenvalue weighted by molar-refractivity contribution is 6.74. The number of aliphatic hydroxyl groups excluding tert-OH is 1. The van der Waals surface area contributed by atoms with Gasteiger partial charge in [-0.25, -0.2) is 9.18 Å². The fourth-order valence-corrected chi connectivity index (χ4v) is 8.80. The third kappa shape index (κ3) is 6.26. The van der Waals surface area contributed by atoms with Crippen LogP contribution in [0, 0.1) is 17.7 Å². The zero-order chi connectivity index (χ0) is 38.1. The third-order valence-electron chi connectivity index (χ3n) is 10.7. The van der Waals surface area contributed by atoms with Crippen LogP contribution in [0.1, 0.15) is 91.6 Å². The Morgan fingerprint density at radius 1 is 1.06 bits per heavy atom. The van der Waals surface area contributed by atoms with Gasteiger partial charge >= 0.3 is 6.16 Å². The minimum absolute atomic E-state index is 0.00642. The average Bonchev–Trinajstić information content (AvgIpc) is 3.45. The fourth-order valence-electron chi connectivity index (χ4n) is 7.35. The molecule has 0 spiro atoms. The molecule has 1 N–H and O–H groups in total. The molecule has 0 fully saturated rings. The van der Waals surface area contributed by atoms with E-state index in [9.17, 15) is 14.7 Å². The van der Waals surface area contributed by atoms with Crippen LogP contribution in [0.25, 0.3) is 0 Å². The number of fused-ring (bicyclic) bond motifs is 4. The lowest BCUT2D eigenvalue weighted by molar-refractivity contribution is -0.0481. The van der Waals surface area contributed by atoms with Crippen molar-refractivity contribution in [1.82, 2.24) is 10.1 Å². The van der Waals surface area contributed by atoms with Gasteiger partial charge in [-0.1, -0.05) is 51.1 Å². The first kappa shape index (κ1) is 37.4. The van der Waals surface area contributed by atoms with E-state index < -0.39 is 71.7 Å². The van der Waals surface area contributed by atoms with Crippen LogP contribution >= 0.6 is 0 Å². The number of halogens is 1. The topological polar surface area (TPSA) is 138 Å². The Balaban J connectivity index is 1.55. The Morgan fingerprint density at radius 2 is 1.73 bits per heavy atom. The Morgan fingerprint density at radius 3 is 2.35 bits per heavy atom. The summed E-state index contributed by atoms with van der Waals surface area (Å²) in [6.07, 6.45) is -0.923. The second-order valence-corrected chi connectivity index (χ2v) is 21.4. The quantitative estimate of drug-likeness (QED) is 0.143. The summed E-state index contributed by atoms with van der Waals surface area (Å²) in [5, 5.41) is 16.5. The van der Waals surface area contributed by atoms with Crippen molar-refractivity contribution in [3.8, 4) is 11.6 Å². The van der Waals surface area contributed by atoms with Crippen LogP contribution in [0.4, 0.5) is 9.18 Å². The van der Waals surface area contributed by atoms with Crippen LogP contribution < -0.4 is 9.47 Å². The largest absolute Gasteiger partial charge is 0.514 e. The Labute approximate surface area is 304 Å². The number of Topliss-reactive ketones (excluding diaryl/α,β-unsaturated/α-hetero) is 2. The van der Waals surface area contributed by atoms with Gasteiger partial charge in [-0.05, 0) is 94.6 Å². The number of aliphatic hydroxyl groups is 1. The van der Waals surface area contributed by atoms with Crippen molar-refractivity contribution in [3.05, 3.63) is 87.6 Å². The maximum Gasteiger partial charge on any atom is 0.514 e. The van der Waals surface area contributed by atoms with Gasteiger partial charge in [0.15, 0.2) is 25.5 Å². The second-order valence-electron chi connectivity index (χ2n) is 16.6. The molecule has 3 aromatic rings. The van der Waals surface area contributed by atoms with Crippen LogP contribution in [0.3, 0.4) is 0 Å². The van der Waals surface area contributed by atoms with Gasteiger partial charge in [-0.3, -0.25) is 14.5 Å². The first-order valence-corrected chi connectivity index (χ1v) is 20.4. The molecule has 3 aliphatic rings. The van der Waals surface area contributed by atoms with Gasteiger partial charge in [0.05, 0.1) is 11.6 Å². The van der Waals surface area contributed by atoms with Gasteiger partial charge in [0.1, 0.15) is 35.1 Å². The third-order valence-corrected chi connectivity index (χ3v) is 15.1. The molecule has 13 heteroatoms. The summed E-state index contributed by atoms with van der Waals surface area (Å²) in [6, 6.07) is 11.0. The first-order valence-electron chi connectivity index (χ1n) is 17.5. The number of rotatable bonds is 7. The molecule has 1 heterocycles. The Hall–Kier alpha value is -4.33. The van der Waals surface area contributed by atoms with Crippen molar-refractivity contribution < 1.29 is 47.0 Å². The number of benzene rings is 2. The van der Waals surface area contributed by atoms with Crippen molar-refractivity contribution in [3.63, 3.8) is 0 Å². The summed E-state index contributed by atoms with van der Waals surface area (Å²) >= 11 is 0. The van der Waals surface area contributed by atoms with Crippen molar-refractivity contribution >= 4 is 26.0 Å². The van der Waals surface area contributed by atoms with Crippen molar-refractivity contribution in [2.45, 2.75) is 96.4 Å². The predicted octanol–water partition coefficient (Wildman–Crippen LogP) is 8.15. The van der Waals surface area contributed by atoms with Gasteiger partial charge in [-0.2, -0.15) is 0 Å². The van der Waals surface area contributed by atoms with E-state index in [2.05, 4.69) is 5.16 Å². The number of hydrogen-bond acceptors (Lipinski definition) is 11. The molecule has 0 bridgehead atoms.